The van der Waals surface area contributed by atoms with Crippen LogP contribution in [0.15, 0.2) is 28.8 Å². The number of ether oxygens (including phenoxy) is 1. The van der Waals surface area contributed by atoms with Crippen molar-refractivity contribution >= 4 is 6.03 Å². The number of urea groups is 1. The molecule has 0 aliphatic carbocycles. The Morgan fingerprint density at radius 3 is 2.64 bits per heavy atom. The summed E-state index contributed by atoms with van der Waals surface area (Å²) in [7, 11) is 1.64. The van der Waals surface area contributed by atoms with Crippen molar-refractivity contribution in [2.75, 3.05) is 7.11 Å². The van der Waals surface area contributed by atoms with Crippen LogP contribution >= 0.6 is 0 Å². The minimum atomic E-state index is -0.329. The molecule has 0 saturated heterocycles. The number of carbonyl (C=O) groups excluding carboxylic acids is 1. The van der Waals surface area contributed by atoms with Gasteiger partial charge in [-0.2, -0.15) is 4.98 Å². The molecule has 0 fully saturated rings. The number of benzene rings is 1. The summed E-state index contributed by atoms with van der Waals surface area (Å²) in [5.41, 5.74) is 1.10. The number of rotatable bonds is 7. The second-order valence-corrected chi connectivity index (χ2v) is 6.48. The molecule has 0 spiro atoms. The predicted molar refractivity (Wildman–Crippen MR) is 94.4 cm³/mol. The summed E-state index contributed by atoms with van der Waals surface area (Å²) in [5, 5.41) is 9.65. The number of nitrogens with one attached hydrogen (secondary N) is 2. The maximum Gasteiger partial charge on any atom is 0.315 e. The van der Waals surface area contributed by atoms with Crippen molar-refractivity contribution < 1.29 is 14.1 Å². The van der Waals surface area contributed by atoms with Gasteiger partial charge in [0.15, 0.2) is 5.82 Å². The number of hydrogen-bond donors (Lipinski definition) is 2. The minimum Gasteiger partial charge on any atom is -0.497 e. The number of aryl methyl sites for hydroxylation is 1. The lowest BCUT2D eigenvalue weighted by Gasteiger charge is -2.21. The summed E-state index contributed by atoms with van der Waals surface area (Å²) >= 11 is 0. The van der Waals surface area contributed by atoms with Gasteiger partial charge in [0.2, 0.25) is 5.89 Å². The molecule has 0 aliphatic heterocycles. The van der Waals surface area contributed by atoms with E-state index in [0.717, 1.165) is 11.3 Å². The molecule has 0 bridgehead atoms. The maximum atomic E-state index is 12.3. The highest BCUT2D eigenvalue weighted by Crippen LogP contribution is 2.20. The summed E-state index contributed by atoms with van der Waals surface area (Å²) in [6, 6.07) is 7.19. The number of nitrogens with zero attached hydrogens (tertiary/aromatic N) is 2. The van der Waals surface area contributed by atoms with Gasteiger partial charge in [-0.3, -0.25) is 0 Å². The van der Waals surface area contributed by atoms with Crippen molar-refractivity contribution in [3.8, 4) is 5.75 Å². The molecule has 0 radical (unpaired) electrons. The van der Waals surface area contributed by atoms with Crippen molar-refractivity contribution in [1.29, 1.82) is 0 Å². The van der Waals surface area contributed by atoms with E-state index in [2.05, 4.69) is 20.8 Å². The Morgan fingerprint density at radius 2 is 2.04 bits per heavy atom. The van der Waals surface area contributed by atoms with Crippen molar-refractivity contribution in [3.05, 3.63) is 41.5 Å². The highest BCUT2D eigenvalue weighted by molar-refractivity contribution is 5.74. The molecule has 1 aromatic carbocycles. The summed E-state index contributed by atoms with van der Waals surface area (Å²) in [4.78, 5) is 16.5. The Balaban J connectivity index is 1.93. The van der Waals surface area contributed by atoms with E-state index in [1.54, 1.807) is 14.0 Å². The molecule has 1 heterocycles. The lowest BCUT2D eigenvalue weighted by Crippen LogP contribution is -2.44. The smallest absolute Gasteiger partial charge is 0.315 e. The number of hydrogen-bond acceptors (Lipinski definition) is 5. The number of carbonyl (C=O) groups is 1. The zero-order valence-electron chi connectivity index (χ0n) is 15.4. The summed E-state index contributed by atoms with van der Waals surface area (Å²) in [5.74, 6) is 1.90. The van der Waals surface area contributed by atoms with Crippen LogP contribution in [0, 0.1) is 12.8 Å². The third kappa shape index (κ3) is 5.48. The number of aromatic nitrogens is 2. The quantitative estimate of drug-likeness (QED) is 0.804. The van der Waals surface area contributed by atoms with Crippen LogP contribution in [0.1, 0.15) is 44.1 Å². The van der Waals surface area contributed by atoms with E-state index in [4.69, 9.17) is 9.26 Å². The Hall–Kier alpha value is -2.57. The average molecular weight is 346 g/mol. The fraction of sp³-hybridized carbons (Fsp3) is 0.500. The molecule has 0 saturated carbocycles. The van der Waals surface area contributed by atoms with E-state index in [0.29, 0.717) is 18.1 Å². The van der Waals surface area contributed by atoms with Crippen molar-refractivity contribution in [1.82, 2.24) is 20.8 Å². The predicted octanol–water partition coefficient (Wildman–Crippen LogP) is 3.01. The van der Waals surface area contributed by atoms with Gasteiger partial charge in [-0.05, 0) is 43.9 Å². The first-order valence-corrected chi connectivity index (χ1v) is 8.39. The zero-order valence-corrected chi connectivity index (χ0v) is 15.4. The molecule has 7 nitrogen and oxygen atoms in total. The Bertz CT molecular complexity index is 699. The molecule has 2 N–H and O–H groups in total. The van der Waals surface area contributed by atoms with E-state index < -0.39 is 0 Å². The van der Waals surface area contributed by atoms with Gasteiger partial charge in [0.1, 0.15) is 11.8 Å². The standard InChI is InChI=1S/C18H26N4O3/c1-11(2)16(17-20-13(4)22-25-17)21-18(23)19-12(3)9-14-7-6-8-15(10-14)24-5/h6-8,10-12,16H,9H2,1-5H3,(H2,19,21,23). The van der Waals surface area contributed by atoms with E-state index in [-0.39, 0.29) is 24.0 Å². The van der Waals surface area contributed by atoms with Crippen molar-refractivity contribution in [2.45, 2.75) is 46.2 Å². The van der Waals surface area contributed by atoms with Crippen molar-refractivity contribution in [2.24, 2.45) is 5.92 Å². The molecule has 2 unspecified atom stereocenters. The van der Waals surface area contributed by atoms with E-state index >= 15 is 0 Å². The van der Waals surface area contributed by atoms with Gasteiger partial charge in [0, 0.05) is 6.04 Å². The topological polar surface area (TPSA) is 89.3 Å². The average Bonchev–Trinajstić information content (AvgIpc) is 2.98. The molecular weight excluding hydrogens is 320 g/mol. The van der Waals surface area contributed by atoms with Gasteiger partial charge >= 0.3 is 6.03 Å². The van der Waals surface area contributed by atoms with Crippen LogP contribution in [0.2, 0.25) is 0 Å². The van der Waals surface area contributed by atoms with Gasteiger partial charge in [0.25, 0.3) is 0 Å². The van der Waals surface area contributed by atoms with Gasteiger partial charge in [-0.1, -0.05) is 31.1 Å². The third-order valence-electron chi connectivity index (χ3n) is 3.82. The van der Waals surface area contributed by atoms with Crippen LogP contribution in [0.4, 0.5) is 4.79 Å². The second-order valence-electron chi connectivity index (χ2n) is 6.48. The fourth-order valence-electron chi connectivity index (χ4n) is 2.56. The zero-order chi connectivity index (χ0) is 18.4. The Kier molecular flexibility index (Phi) is 6.38. The summed E-state index contributed by atoms with van der Waals surface area (Å²) in [6.07, 6.45) is 0.705. The molecule has 2 aromatic rings. The molecule has 136 valence electrons. The Labute approximate surface area is 148 Å². The summed E-state index contributed by atoms with van der Waals surface area (Å²) in [6.45, 7) is 7.69. The fourth-order valence-corrected chi connectivity index (χ4v) is 2.56. The first-order valence-electron chi connectivity index (χ1n) is 8.39. The van der Waals surface area contributed by atoms with Gasteiger partial charge in [0.05, 0.1) is 7.11 Å². The van der Waals surface area contributed by atoms with E-state index in [1.807, 2.05) is 45.0 Å². The summed E-state index contributed by atoms with van der Waals surface area (Å²) < 4.78 is 10.4. The monoisotopic (exact) mass is 346 g/mol. The van der Waals surface area contributed by atoms with Crippen LogP contribution < -0.4 is 15.4 Å². The molecule has 2 atom stereocenters. The highest BCUT2D eigenvalue weighted by atomic mass is 16.5. The SMILES string of the molecule is COc1cccc(CC(C)NC(=O)NC(c2nc(C)no2)C(C)C)c1. The van der Waals surface area contributed by atoms with Gasteiger partial charge in [-0.25, -0.2) is 4.79 Å². The number of methoxy groups -OCH3 is 1. The lowest BCUT2D eigenvalue weighted by molar-refractivity contribution is 0.222. The molecule has 0 aliphatic rings. The van der Waals surface area contributed by atoms with Crippen LogP contribution in [0.25, 0.3) is 0 Å². The Morgan fingerprint density at radius 1 is 1.28 bits per heavy atom. The van der Waals surface area contributed by atoms with E-state index in [9.17, 15) is 4.79 Å². The highest BCUT2D eigenvalue weighted by Gasteiger charge is 2.24. The molecule has 25 heavy (non-hydrogen) atoms. The first kappa shape index (κ1) is 18.8. The molecule has 1 aromatic heterocycles. The molecular formula is C18H26N4O3. The molecule has 2 rings (SSSR count). The normalized spacial score (nSPS) is 13.4. The largest absolute Gasteiger partial charge is 0.497 e. The van der Waals surface area contributed by atoms with Crippen LogP contribution in [0.3, 0.4) is 0 Å². The van der Waals surface area contributed by atoms with Gasteiger partial charge in [-0.15, -0.1) is 0 Å². The minimum absolute atomic E-state index is 0.0376. The molecule has 2 amide bonds. The van der Waals surface area contributed by atoms with Crippen LogP contribution in [-0.4, -0.2) is 29.3 Å². The third-order valence-corrected chi connectivity index (χ3v) is 3.82. The first-order chi connectivity index (χ1) is 11.9. The second kappa shape index (κ2) is 8.50. The van der Waals surface area contributed by atoms with Gasteiger partial charge < -0.3 is 19.9 Å². The number of amides is 2. The lowest BCUT2D eigenvalue weighted by atomic mass is 10.0. The molecule has 7 heteroatoms. The maximum absolute atomic E-state index is 12.3. The van der Waals surface area contributed by atoms with Crippen LogP contribution in [-0.2, 0) is 6.42 Å². The van der Waals surface area contributed by atoms with Crippen molar-refractivity contribution in [3.63, 3.8) is 0 Å². The van der Waals surface area contributed by atoms with Crippen LogP contribution in [0.5, 0.6) is 5.75 Å². The van der Waals surface area contributed by atoms with E-state index in [1.165, 1.54) is 0 Å².